The van der Waals surface area contributed by atoms with Crippen molar-refractivity contribution < 1.29 is 13.5 Å². The normalized spacial score (nSPS) is 21.5. The quantitative estimate of drug-likeness (QED) is 0.639. The van der Waals surface area contributed by atoms with Crippen LogP contribution in [0.25, 0.3) is 0 Å². The number of hydrogen-bond acceptors (Lipinski definition) is 2. The zero-order valence-corrected chi connectivity index (χ0v) is 7.68. The van der Waals surface area contributed by atoms with Crippen molar-refractivity contribution in [2.24, 2.45) is 0 Å². The summed E-state index contributed by atoms with van der Waals surface area (Å²) in [6.45, 7) is 4.79. The van der Waals surface area contributed by atoms with Gasteiger partial charge in [-0.25, -0.2) is 0 Å². The molecule has 0 N–H and O–H groups in total. The van der Waals surface area contributed by atoms with Gasteiger partial charge in [0.15, 0.2) is 0 Å². The molecule has 4 heteroatoms. The van der Waals surface area contributed by atoms with Crippen LogP contribution in [-0.2, 0) is 4.74 Å². The fourth-order valence-electron chi connectivity index (χ4n) is 1.22. The van der Waals surface area contributed by atoms with Gasteiger partial charge in [0.05, 0.1) is 6.10 Å². The van der Waals surface area contributed by atoms with Crippen molar-refractivity contribution in [1.29, 1.82) is 0 Å². The Morgan fingerprint density at radius 2 is 1.83 bits per heavy atom. The number of hydrogen-bond donors (Lipinski definition) is 0. The Balaban J connectivity index is 2.20. The van der Waals surface area contributed by atoms with Crippen LogP contribution >= 0.6 is 0 Å². The fourth-order valence-corrected chi connectivity index (χ4v) is 1.22. The molecule has 1 heterocycles. The van der Waals surface area contributed by atoms with Gasteiger partial charge in [0.2, 0.25) is 0 Å². The molecule has 1 aliphatic heterocycles. The van der Waals surface area contributed by atoms with E-state index in [0.29, 0.717) is 13.1 Å². The molecule has 0 bridgehead atoms. The van der Waals surface area contributed by atoms with Gasteiger partial charge in [-0.1, -0.05) is 0 Å². The molecule has 1 aliphatic rings. The van der Waals surface area contributed by atoms with E-state index in [1.54, 1.807) is 0 Å². The largest absolute Gasteiger partial charge is 0.345 e. The zero-order valence-electron chi connectivity index (χ0n) is 7.68. The Kier molecular flexibility index (Phi) is 2.68. The molecule has 1 fully saturated rings. The smallest absolute Gasteiger partial charge is 0.317 e. The third kappa shape index (κ3) is 2.38. The van der Waals surface area contributed by atoms with Crippen LogP contribution in [0, 0.1) is 0 Å². The van der Waals surface area contributed by atoms with Gasteiger partial charge in [-0.05, 0) is 20.8 Å². The van der Waals surface area contributed by atoms with Gasteiger partial charge < -0.3 is 4.74 Å². The van der Waals surface area contributed by atoms with Crippen molar-refractivity contribution in [2.45, 2.75) is 39.0 Å². The predicted molar refractivity (Wildman–Crippen MR) is 42.2 cm³/mol. The Labute approximate surface area is 71.5 Å². The number of ether oxygens (including phenoxy) is 1. The van der Waals surface area contributed by atoms with Crippen LogP contribution in [0.15, 0.2) is 0 Å². The average molecular weight is 179 g/mol. The molecule has 0 aliphatic carbocycles. The minimum atomic E-state index is -2.63. The highest BCUT2D eigenvalue weighted by molar-refractivity contribution is 4.89. The first-order valence-corrected chi connectivity index (χ1v) is 4.08. The summed E-state index contributed by atoms with van der Waals surface area (Å²) in [6, 6.07) is 0. The SMILES string of the molecule is CC(C)(C)N1CC(OC(F)F)C1. The second-order valence-electron chi connectivity index (χ2n) is 4.09. The standard InChI is InChI=1S/C8H15F2NO/c1-8(2,3)11-4-6(5-11)12-7(9)10/h6-7H,4-5H2,1-3H3. The third-order valence-electron chi connectivity index (χ3n) is 2.09. The van der Waals surface area contributed by atoms with Crippen LogP contribution in [0.3, 0.4) is 0 Å². The minimum Gasteiger partial charge on any atom is -0.317 e. The van der Waals surface area contributed by atoms with Crippen LogP contribution in [0.1, 0.15) is 20.8 Å². The van der Waals surface area contributed by atoms with E-state index in [0.717, 1.165) is 0 Å². The monoisotopic (exact) mass is 179 g/mol. The van der Waals surface area contributed by atoms with Crippen LogP contribution in [0.4, 0.5) is 8.78 Å². The van der Waals surface area contributed by atoms with Gasteiger partial charge in [-0.15, -0.1) is 0 Å². The van der Waals surface area contributed by atoms with E-state index in [2.05, 4.69) is 30.4 Å². The van der Waals surface area contributed by atoms with E-state index in [1.165, 1.54) is 0 Å². The lowest BCUT2D eigenvalue weighted by Gasteiger charge is -2.47. The molecule has 1 rings (SSSR count). The van der Waals surface area contributed by atoms with Crippen LogP contribution in [0.2, 0.25) is 0 Å². The van der Waals surface area contributed by atoms with Crippen LogP contribution in [0.5, 0.6) is 0 Å². The molecule has 0 amide bonds. The van der Waals surface area contributed by atoms with Gasteiger partial charge in [0.25, 0.3) is 0 Å². The lowest BCUT2D eigenvalue weighted by molar-refractivity contribution is -0.205. The lowest BCUT2D eigenvalue weighted by atomic mass is 9.99. The summed E-state index contributed by atoms with van der Waals surface area (Å²) in [6.07, 6.45) is -0.274. The summed E-state index contributed by atoms with van der Waals surface area (Å²) in [7, 11) is 0. The van der Waals surface area contributed by atoms with Crippen molar-refractivity contribution in [3.8, 4) is 0 Å². The van der Waals surface area contributed by atoms with E-state index >= 15 is 0 Å². The number of halogens is 2. The van der Waals surface area contributed by atoms with Crippen molar-refractivity contribution in [3.05, 3.63) is 0 Å². The lowest BCUT2D eigenvalue weighted by Crippen LogP contribution is -2.59. The molecule has 1 saturated heterocycles. The molecule has 0 radical (unpaired) electrons. The molecule has 0 spiro atoms. The number of likely N-dealkylation sites (tertiary alicyclic amines) is 1. The molecule has 72 valence electrons. The van der Waals surface area contributed by atoms with E-state index in [1.807, 2.05) is 0 Å². The number of rotatable bonds is 2. The van der Waals surface area contributed by atoms with Crippen molar-refractivity contribution in [1.82, 2.24) is 4.90 Å². The molecular formula is C8H15F2NO. The summed E-state index contributed by atoms with van der Waals surface area (Å²) >= 11 is 0. The Morgan fingerprint density at radius 3 is 2.17 bits per heavy atom. The van der Waals surface area contributed by atoms with Gasteiger partial charge in [0, 0.05) is 18.6 Å². The van der Waals surface area contributed by atoms with Gasteiger partial charge in [-0.2, -0.15) is 8.78 Å². The average Bonchev–Trinajstić information content (AvgIpc) is 1.73. The molecule has 0 aromatic heterocycles. The van der Waals surface area contributed by atoms with E-state index in [9.17, 15) is 8.78 Å². The summed E-state index contributed by atoms with van der Waals surface area (Å²) < 4.78 is 27.7. The molecule has 0 unspecified atom stereocenters. The Bertz CT molecular complexity index is 150. The van der Waals surface area contributed by atoms with Gasteiger partial charge in [0.1, 0.15) is 0 Å². The first kappa shape index (κ1) is 9.86. The second kappa shape index (κ2) is 3.26. The first-order chi connectivity index (χ1) is 5.39. The summed E-state index contributed by atoms with van der Waals surface area (Å²) in [5.74, 6) is 0. The molecule has 0 aromatic rings. The summed E-state index contributed by atoms with van der Waals surface area (Å²) in [5.41, 5.74) is 0.0714. The highest BCUT2D eigenvalue weighted by atomic mass is 19.3. The van der Waals surface area contributed by atoms with E-state index in [-0.39, 0.29) is 11.6 Å². The summed E-state index contributed by atoms with van der Waals surface area (Å²) in [4.78, 5) is 2.11. The van der Waals surface area contributed by atoms with Crippen molar-refractivity contribution in [2.75, 3.05) is 13.1 Å². The maximum atomic E-state index is 11.7. The van der Waals surface area contributed by atoms with Crippen molar-refractivity contribution >= 4 is 0 Å². The Morgan fingerprint density at radius 1 is 1.33 bits per heavy atom. The van der Waals surface area contributed by atoms with Crippen molar-refractivity contribution in [3.63, 3.8) is 0 Å². The van der Waals surface area contributed by atoms with Gasteiger partial charge in [-0.3, -0.25) is 4.90 Å². The second-order valence-corrected chi connectivity index (χ2v) is 4.09. The highest BCUT2D eigenvalue weighted by Gasteiger charge is 2.36. The van der Waals surface area contributed by atoms with Crippen LogP contribution in [-0.4, -0.2) is 36.2 Å². The molecular weight excluding hydrogens is 164 g/mol. The maximum absolute atomic E-state index is 11.7. The van der Waals surface area contributed by atoms with E-state index in [4.69, 9.17) is 0 Å². The van der Waals surface area contributed by atoms with Gasteiger partial charge >= 0.3 is 6.61 Å². The number of alkyl halides is 2. The molecule has 0 saturated carbocycles. The van der Waals surface area contributed by atoms with Crippen LogP contribution < -0.4 is 0 Å². The minimum absolute atomic E-state index is 0.0714. The molecule has 12 heavy (non-hydrogen) atoms. The molecule has 0 aromatic carbocycles. The highest BCUT2D eigenvalue weighted by Crippen LogP contribution is 2.23. The Hall–Kier alpha value is -0.220. The molecule has 2 nitrogen and oxygen atoms in total. The maximum Gasteiger partial charge on any atom is 0.345 e. The third-order valence-corrected chi connectivity index (χ3v) is 2.09. The fraction of sp³-hybridized carbons (Fsp3) is 1.00. The first-order valence-electron chi connectivity index (χ1n) is 4.08. The summed E-state index contributed by atoms with van der Waals surface area (Å²) in [5, 5.41) is 0. The zero-order chi connectivity index (χ0) is 9.35. The topological polar surface area (TPSA) is 12.5 Å². The van der Waals surface area contributed by atoms with E-state index < -0.39 is 6.61 Å². The predicted octanol–water partition coefficient (Wildman–Crippen LogP) is 1.71. The number of nitrogens with zero attached hydrogens (tertiary/aromatic N) is 1. The molecule has 0 atom stereocenters.